The average Bonchev–Trinajstić information content (AvgIpc) is 2.68. The van der Waals surface area contributed by atoms with Gasteiger partial charge in [-0.05, 0) is 28.7 Å². The summed E-state index contributed by atoms with van der Waals surface area (Å²) in [6, 6.07) is 16.6. The number of rotatable bonds is 6. The van der Waals surface area contributed by atoms with Crippen LogP contribution in [0.25, 0.3) is 0 Å². The molecule has 2 aromatic rings. The number of sulfonamides is 1. The number of ether oxygens (including phenoxy) is 1. The minimum Gasteiger partial charge on any atom is -0.379 e. The number of nitrogens with zero attached hydrogens (tertiary/aromatic N) is 1. The van der Waals surface area contributed by atoms with Crippen LogP contribution in [0.1, 0.15) is 37.9 Å². The molecule has 0 aliphatic carbocycles. The molecule has 3 rings (SSSR count). The first-order valence-electron chi connectivity index (χ1n) is 9.74. The van der Waals surface area contributed by atoms with Gasteiger partial charge < -0.3 is 4.74 Å². The summed E-state index contributed by atoms with van der Waals surface area (Å²) in [5.41, 5.74) is 2.06. The van der Waals surface area contributed by atoms with Gasteiger partial charge in [-0.1, -0.05) is 63.2 Å². The van der Waals surface area contributed by atoms with Crippen LogP contribution in [0.2, 0.25) is 0 Å². The topological polar surface area (TPSA) is 58.6 Å². The number of hydrogen-bond donors (Lipinski definition) is 1. The van der Waals surface area contributed by atoms with Crippen molar-refractivity contribution in [2.45, 2.75) is 37.1 Å². The Hall–Kier alpha value is -1.44. The molecular formula is C22H31ClN2O3S. The van der Waals surface area contributed by atoms with Crippen LogP contribution < -0.4 is 4.72 Å². The normalized spacial score (nSPS) is 16.8. The highest BCUT2D eigenvalue weighted by Crippen LogP contribution is 2.24. The summed E-state index contributed by atoms with van der Waals surface area (Å²) in [7, 11) is -3.63. The summed E-state index contributed by atoms with van der Waals surface area (Å²) < 4.78 is 34.5. The van der Waals surface area contributed by atoms with E-state index >= 15 is 0 Å². The molecule has 5 nitrogen and oxygen atoms in total. The minimum absolute atomic E-state index is 0. The first-order valence-corrected chi connectivity index (χ1v) is 11.2. The lowest BCUT2D eigenvalue weighted by Gasteiger charge is -2.31. The maximum absolute atomic E-state index is 13.1. The Morgan fingerprint density at radius 3 is 2.14 bits per heavy atom. The molecule has 0 saturated carbocycles. The number of benzene rings is 2. The van der Waals surface area contributed by atoms with Crippen LogP contribution in [0.15, 0.2) is 59.5 Å². The lowest BCUT2D eigenvalue weighted by molar-refractivity contribution is 0.0345. The van der Waals surface area contributed by atoms with E-state index in [1.165, 1.54) is 0 Å². The fourth-order valence-corrected chi connectivity index (χ4v) is 4.54. The van der Waals surface area contributed by atoms with Gasteiger partial charge in [0.1, 0.15) is 0 Å². The molecule has 1 unspecified atom stereocenters. The minimum atomic E-state index is -3.63. The SMILES string of the molecule is CC(C)(C)c1ccc(S(=O)(=O)NC(CN2CCOCC2)c2ccccc2)cc1.Cl. The molecule has 1 aliphatic heterocycles. The molecule has 1 fully saturated rings. The van der Waals surface area contributed by atoms with Gasteiger partial charge in [0.15, 0.2) is 0 Å². The van der Waals surface area contributed by atoms with Crippen LogP contribution in [0.4, 0.5) is 0 Å². The number of hydrogen-bond acceptors (Lipinski definition) is 4. The molecule has 1 N–H and O–H groups in total. The predicted molar refractivity (Wildman–Crippen MR) is 119 cm³/mol. The van der Waals surface area contributed by atoms with E-state index in [-0.39, 0.29) is 23.9 Å². The first kappa shape index (κ1) is 23.8. The third-order valence-corrected chi connectivity index (χ3v) is 6.56. The molecule has 1 saturated heterocycles. The van der Waals surface area contributed by atoms with Gasteiger partial charge in [-0.2, -0.15) is 0 Å². The van der Waals surface area contributed by atoms with Gasteiger partial charge in [0.05, 0.1) is 24.2 Å². The zero-order chi connectivity index (χ0) is 20.2. The Balaban J connectivity index is 0.00000300. The average molecular weight is 439 g/mol. The number of halogens is 1. The van der Waals surface area contributed by atoms with Gasteiger partial charge in [0.25, 0.3) is 0 Å². The van der Waals surface area contributed by atoms with Crippen LogP contribution >= 0.6 is 12.4 Å². The quantitative estimate of drug-likeness (QED) is 0.746. The molecule has 7 heteroatoms. The molecule has 1 atom stereocenters. The number of nitrogens with one attached hydrogen (secondary N) is 1. The van der Waals surface area contributed by atoms with Crippen molar-refractivity contribution in [1.29, 1.82) is 0 Å². The van der Waals surface area contributed by atoms with Crippen molar-refractivity contribution in [3.05, 3.63) is 65.7 Å². The highest BCUT2D eigenvalue weighted by Gasteiger charge is 2.25. The summed E-state index contributed by atoms with van der Waals surface area (Å²) in [5.74, 6) is 0. The van der Waals surface area contributed by atoms with E-state index in [0.29, 0.717) is 24.7 Å². The van der Waals surface area contributed by atoms with E-state index in [4.69, 9.17) is 4.74 Å². The zero-order valence-corrected chi connectivity index (χ0v) is 18.9. The van der Waals surface area contributed by atoms with Gasteiger partial charge in [-0.3, -0.25) is 4.90 Å². The van der Waals surface area contributed by atoms with Crippen LogP contribution in [-0.4, -0.2) is 46.2 Å². The van der Waals surface area contributed by atoms with Crippen molar-refractivity contribution in [2.24, 2.45) is 0 Å². The highest BCUT2D eigenvalue weighted by molar-refractivity contribution is 7.89. The third kappa shape index (κ3) is 6.52. The standard InChI is InChI=1S/C22H30N2O3S.ClH/c1-22(2,3)19-9-11-20(12-10-19)28(25,26)23-21(18-7-5-4-6-8-18)17-24-13-15-27-16-14-24;/h4-12,21,23H,13-17H2,1-3H3;1H. The van der Waals surface area contributed by atoms with Crippen LogP contribution in [0.3, 0.4) is 0 Å². The largest absolute Gasteiger partial charge is 0.379 e. The molecule has 0 radical (unpaired) electrons. The molecule has 0 spiro atoms. The second-order valence-corrected chi connectivity index (χ2v) is 9.99. The van der Waals surface area contributed by atoms with Crippen molar-refractivity contribution >= 4 is 22.4 Å². The summed E-state index contributed by atoms with van der Waals surface area (Å²) in [6.45, 7) is 9.95. The Kier molecular flexibility index (Phi) is 8.26. The van der Waals surface area contributed by atoms with E-state index in [9.17, 15) is 8.42 Å². The molecule has 0 bridgehead atoms. The molecular weight excluding hydrogens is 408 g/mol. The second kappa shape index (κ2) is 10.0. The monoisotopic (exact) mass is 438 g/mol. The maximum atomic E-state index is 13.1. The van der Waals surface area contributed by atoms with Crippen molar-refractivity contribution in [1.82, 2.24) is 9.62 Å². The zero-order valence-electron chi connectivity index (χ0n) is 17.3. The first-order chi connectivity index (χ1) is 13.3. The van der Waals surface area contributed by atoms with Gasteiger partial charge in [0.2, 0.25) is 10.0 Å². The Bertz CT molecular complexity index is 859. The summed E-state index contributed by atoms with van der Waals surface area (Å²) in [4.78, 5) is 2.54. The smallest absolute Gasteiger partial charge is 0.241 e. The molecule has 1 aliphatic rings. The Labute approximate surface area is 180 Å². The van der Waals surface area contributed by atoms with Crippen molar-refractivity contribution in [3.8, 4) is 0 Å². The van der Waals surface area contributed by atoms with E-state index < -0.39 is 10.0 Å². The number of morpholine rings is 1. The Morgan fingerprint density at radius 1 is 1.00 bits per heavy atom. The van der Waals surface area contributed by atoms with E-state index in [0.717, 1.165) is 24.2 Å². The third-order valence-electron chi connectivity index (χ3n) is 5.07. The van der Waals surface area contributed by atoms with Crippen molar-refractivity contribution < 1.29 is 13.2 Å². The van der Waals surface area contributed by atoms with Crippen LogP contribution in [0.5, 0.6) is 0 Å². The van der Waals surface area contributed by atoms with Gasteiger partial charge >= 0.3 is 0 Å². The molecule has 160 valence electrons. The maximum Gasteiger partial charge on any atom is 0.241 e. The summed E-state index contributed by atoms with van der Waals surface area (Å²) in [5, 5.41) is 0. The summed E-state index contributed by atoms with van der Waals surface area (Å²) >= 11 is 0. The summed E-state index contributed by atoms with van der Waals surface area (Å²) in [6.07, 6.45) is 0. The highest BCUT2D eigenvalue weighted by atomic mass is 35.5. The van der Waals surface area contributed by atoms with Gasteiger partial charge in [-0.25, -0.2) is 13.1 Å². The van der Waals surface area contributed by atoms with Gasteiger partial charge in [0, 0.05) is 19.6 Å². The van der Waals surface area contributed by atoms with Gasteiger partial charge in [-0.15, -0.1) is 12.4 Å². The van der Waals surface area contributed by atoms with E-state index in [2.05, 4.69) is 30.4 Å². The van der Waals surface area contributed by atoms with Crippen molar-refractivity contribution in [2.75, 3.05) is 32.8 Å². The molecule has 0 aromatic heterocycles. The second-order valence-electron chi connectivity index (χ2n) is 8.27. The van der Waals surface area contributed by atoms with E-state index in [1.807, 2.05) is 42.5 Å². The molecule has 2 aromatic carbocycles. The fraction of sp³-hybridized carbons (Fsp3) is 0.455. The molecule has 0 amide bonds. The predicted octanol–water partition coefficient (Wildman–Crippen LogP) is 3.76. The molecule has 1 heterocycles. The van der Waals surface area contributed by atoms with E-state index in [1.54, 1.807) is 12.1 Å². The lowest BCUT2D eigenvalue weighted by atomic mass is 9.87. The fourth-order valence-electron chi connectivity index (χ4n) is 3.33. The Morgan fingerprint density at radius 2 is 1.59 bits per heavy atom. The lowest BCUT2D eigenvalue weighted by Crippen LogP contribution is -2.43. The van der Waals surface area contributed by atoms with Crippen LogP contribution in [0, 0.1) is 0 Å². The van der Waals surface area contributed by atoms with Crippen molar-refractivity contribution in [3.63, 3.8) is 0 Å². The molecule has 29 heavy (non-hydrogen) atoms. The van der Waals surface area contributed by atoms with Crippen LogP contribution in [-0.2, 0) is 20.2 Å².